The second kappa shape index (κ2) is 9.44. The highest BCUT2D eigenvalue weighted by atomic mass is 35.5. The van der Waals surface area contributed by atoms with E-state index in [1.807, 2.05) is 24.3 Å². The molecule has 1 aliphatic carbocycles. The summed E-state index contributed by atoms with van der Waals surface area (Å²) in [7, 11) is 1.61. The predicted molar refractivity (Wildman–Crippen MR) is 104 cm³/mol. The van der Waals surface area contributed by atoms with Gasteiger partial charge in [0.2, 0.25) is 0 Å². The van der Waals surface area contributed by atoms with E-state index in [9.17, 15) is 4.79 Å². The number of likely N-dealkylation sites (tertiary alicyclic amines) is 1. The normalized spacial score (nSPS) is 20.4. The van der Waals surface area contributed by atoms with Crippen molar-refractivity contribution in [1.29, 1.82) is 0 Å². The van der Waals surface area contributed by atoms with Crippen LogP contribution in [0.5, 0.6) is 5.75 Å². The van der Waals surface area contributed by atoms with Gasteiger partial charge in [-0.05, 0) is 50.9 Å². The number of para-hydroxylation sites is 1. The maximum absolute atomic E-state index is 12.7. The van der Waals surface area contributed by atoms with Crippen molar-refractivity contribution in [2.75, 3.05) is 26.7 Å². The number of methoxy groups -OCH3 is 1. The molecule has 140 valence electrons. The van der Waals surface area contributed by atoms with E-state index >= 15 is 0 Å². The Balaban J connectivity index is 0.00000225. The molecule has 1 aliphatic heterocycles. The molecule has 1 N–H and O–H groups in total. The predicted octanol–water partition coefficient (Wildman–Crippen LogP) is 4.04. The van der Waals surface area contributed by atoms with Gasteiger partial charge >= 0.3 is 0 Å². The van der Waals surface area contributed by atoms with Crippen LogP contribution in [0.3, 0.4) is 0 Å². The van der Waals surface area contributed by atoms with Crippen LogP contribution in [0.1, 0.15) is 61.7 Å². The fourth-order valence-corrected chi connectivity index (χ4v) is 4.36. The lowest BCUT2D eigenvalue weighted by Gasteiger charge is -2.48. The molecule has 25 heavy (non-hydrogen) atoms. The standard InChI is InChI=1S/C20H30N2O2.ClH/c1-24-18-11-5-4-10-17(18)19(23)21-16-20(12-6-2-7-13-20)22-14-8-3-9-15-22;/h4-5,10-11H,2-3,6-9,12-16H2,1H3,(H,21,23);1H. The average Bonchev–Trinajstić information content (AvgIpc) is 2.67. The molecule has 3 rings (SSSR count). The number of hydrogen-bond donors (Lipinski definition) is 1. The number of nitrogens with one attached hydrogen (secondary N) is 1. The smallest absolute Gasteiger partial charge is 0.255 e. The third-order valence-electron chi connectivity index (χ3n) is 5.74. The second-order valence-corrected chi connectivity index (χ2v) is 7.22. The molecule has 2 fully saturated rings. The summed E-state index contributed by atoms with van der Waals surface area (Å²) in [6.45, 7) is 3.12. The molecule has 0 aromatic heterocycles. The van der Waals surface area contributed by atoms with Crippen LogP contribution < -0.4 is 10.1 Å². The zero-order chi connectivity index (χ0) is 16.8. The fourth-order valence-electron chi connectivity index (χ4n) is 4.36. The van der Waals surface area contributed by atoms with E-state index in [2.05, 4.69) is 10.2 Å². The van der Waals surface area contributed by atoms with Crippen LogP contribution in [0.2, 0.25) is 0 Å². The third-order valence-corrected chi connectivity index (χ3v) is 5.74. The summed E-state index contributed by atoms with van der Waals surface area (Å²) in [5.41, 5.74) is 0.792. The number of amides is 1. The summed E-state index contributed by atoms with van der Waals surface area (Å²) < 4.78 is 5.33. The number of ether oxygens (including phenoxy) is 1. The molecule has 0 radical (unpaired) electrons. The third kappa shape index (κ3) is 4.68. The van der Waals surface area contributed by atoms with Gasteiger partial charge in [0.1, 0.15) is 5.75 Å². The molecule has 1 aromatic rings. The molecule has 0 spiro atoms. The van der Waals surface area contributed by atoms with Crippen molar-refractivity contribution in [2.24, 2.45) is 0 Å². The van der Waals surface area contributed by atoms with Crippen molar-refractivity contribution in [2.45, 2.75) is 56.9 Å². The van der Waals surface area contributed by atoms with Gasteiger partial charge in [-0.15, -0.1) is 12.4 Å². The minimum absolute atomic E-state index is 0. The Labute approximate surface area is 157 Å². The highest BCUT2D eigenvalue weighted by molar-refractivity contribution is 5.96. The number of halogens is 1. The van der Waals surface area contributed by atoms with Crippen LogP contribution in [0.25, 0.3) is 0 Å². The Kier molecular flexibility index (Phi) is 7.57. The lowest BCUT2D eigenvalue weighted by Crippen LogP contribution is -2.58. The first-order valence-electron chi connectivity index (χ1n) is 9.41. The zero-order valence-electron chi connectivity index (χ0n) is 15.3. The van der Waals surface area contributed by atoms with Gasteiger partial charge in [-0.3, -0.25) is 9.69 Å². The molecule has 1 saturated heterocycles. The first kappa shape index (κ1) is 20.1. The quantitative estimate of drug-likeness (QED) is 0.855. The summed E-state index contributed by atoms with van der Waals surface area (Å²) in [5, 5.41) is 3.22. The van der Waals surface area contributed by atoms with E-state index in [0.29, 0.717) is 11.3 Å². The summed E-state index contributed by atoms with van der Waals surface area (Å²) >= 11 is 0. The molecular formula is C20H31ClN2O2. The van der Waals surface area contributed by atoms with Crippen LogP contribution in [-0.2, 0) is 0 Å². The molecule has 0 bridgehead atoms. The first-order valence-corrected chi connectivity index (χ1v) is 9.41. The Hall–Kier alpha value is -1.26. The summed E-state index contributed by atoms with van der Waals surface area (Å²) in [5.74, 6) is 0.625. The topological polar surface area (TPSA) is 41.6 Å². The maximum Gasteiger partial charge on any atom is 0.255 e. The zero-order valence-corrected chi connectivity index (χ0v) is 16.1. The van der Waals surface area contributed by atoms with E-state index in [0.717, 1.165) is 6.54 Å². The number of piperidine rings is 1. The molecule has 1 heterocycles. The molecule has 2 aliphatic rings. The summed E-state index contributed by atoms with van der Waals surface area (Å²) in [6.07, 6.45) is 10.2. The average molecular weight is 367 g/mol. The number of nitrogens with zero attached hydrogens (tertiary/aromatic N) is 1. The Bertz CT molecular complexity index is 552. The van der Waals surface area contributed by atoms with Gasteiger partial charge in [-0.2, -0.15) is 0 Å². The van der Waals surface area contributed by atoms with Gasteiger partial charge in [-0.1, -0.05) is 37.8 Å². The van der Waals surface area contributed by atoms with Crippen LogP contribution in [0.4, 0.5) is 0 Å². The van der Waals surface area contributed by atoms with Gasteiger partial charge in [0.05, 0.1) is 12.7 Å². The number of hydrogen-bond acceptors (Lipinski definition) is 3. The molecule has 0 atom stereocenters. The van der Waals surface area contributed by atoms with Crippen molar-refractivity contribution in [3.8, 4) is 5.75 Å². The molecule has 1 aromatic carbocycles. The highest BCUT2D eigenvalue weighted by Gasteiger charge is 2.38. The number of benzene rings is 1. The van der Waals surface area contributed by atoms with E-state index < -0.39 is 0 Å². The van der Waals surface area contributed by atoms with E-state index in [4.69, 9.17) is 4.74 Å². The fraction of sp³-hybridized carbons (Fsp3) is 0.650. The van der Waals surface area contributed by atoms with E-state index in [-0.39, 0.29) is 23.9 Å². The minimum atomic E-state index is -0.0191. The van der Waals surface area contributed by atoms with Crippen LogP contribution in [-0.4, -0.2) is 43.1 Å². The Morgan fingerprint density at radius 3 is 2.40 bits per heavy atom. The van der Waals surface area contributed by atoms with Crippen molar-refractivity contribution in [3.05, 3.63) is 29.8 Å². The molecule has 5 heteroatoms. The second-order valence-electron chi connectivity index (χ2n) is 7.22. The van der Waals surface area contributed by atoms with Crippen molar-refractivity contribution >= 4 is 18.3 Å². The minimum Gasteiger partial charge on any atom is -0.496 e. The van der Waals surface area contributed by atoms with Gasteiger partial charge < -0.3 is 10.1 Å². The molecule has 1 amide bonds. The monoisotopic (exact) mass is 366 g/mol. The maximum atomic E-state index is 12.7. The number of rotatable bonds is 5. The van der Waals surface area contributed by atoms with Crippen molar-refractivity contribution in [3.63, 3.8) is 0 Å². The number of carbonyl (C=O) groups is 1. The first-order chi connectivity index (χ1) is 11.7. The Morgan fingerprint density at radius 2 is 1.72 bits per heavy atom. The highest BCUT2D eigenvalue weighted by Crippen LogP contribution is 2.35. The van der Waals surface area contributed by atoms with Gasteiger partial charge in [0, 0.05) is 12.1 Å². The van der Waals surface area contributed by atoms with Crippen LogP contribution in [0.15, 0.2) is 24.3 Å². The van der Waals surface area contributed by atoms with Crippen LogP contribution in [0, 0.1) is 0 Å². The van der Waals surface area contributed by atoms with Crippen molar-refractivity contribution in [1.82, 2.24) is 10.2 Å². The lowest BCUT2D eigenvalue weighted by atomic mass is 9.79. The SMILES string of the molecule is COc1ccccc1C(=O)NCC1(N2CCCCC2)CCCCC1.Cl. The van der Waals surface area contributed by atoms with Crippen molar-refractivity contribution < 1.29 is 9.53 Å². The molecule has 4 nitrogen and oxygen atoms in total. The summed E-state index contributed by atoms with van der Waals surface area (Å²) in [6, 6.07) is 7.46. The van der Waals surface area contributed by atoms with E-state index in [1.54, 1.807) is 7.11 Å². The van der Waals surface area contributed by atoms with Gasteiger partial charge in [0.15, 0.2) is 0 Å². The van der Waals surface area contributed by atoms with Gasteiger partial charge in [-0.25, -0.2) is 0 Å². The number of carbonyl (C=O) groups excluding carboxylic acids is 1. The molecule has 1 saturated carbocycles. The van der Waals surface area contributed by atoms with E-state index in [1.165, 1.54) is 64.5 Å². The Morgan fingerprint density at radius 1 is 1.08 bits per heavy atom. The molecule has 0 unspecified atom stereocenters. The van der Waals surface area contributed by atoms with Gasteiger partial charge in [0.25, 0.3) is 5.91 Å². The lowest BCUT2D eigenvalue weighted by molar-refractivity contribution is 0.0326. The van der Waals surface area contributed by atoms with Crippen LogP contribution >= 0.6 is 12.4 Å². The molecular weight excluding hydrogens is 336 g/mol. The summed E-state index contributed by atoms with van der Waals surface area (Å²) in [4.78, 5) is 15.3. The largest absolute Gasteiger partial charge is 0.496 e.